The van der Waals surface area contributed by atoms with E-state index >= 15 is 0 Å². The fraction of sp³-hybridized carbons (Fsp3) is 0. The van der Waals surface area contributed by atoms with Gasteiger partial charge in [0, 0.05) is 23.8 Å². The van der Waals surface area contributed by atoms with Crippen LogP contribution in [0.1, 0.15) is 31.8 Å². The van der Waals surface area contributed by atoms with E-state index in [1.54, 1.807) is 48.5 Å². The first-order valence-electron chi connectivity index (χ1n) is 8.17. The topological polar surface area (TPSA) is 119 Å². The lowest BCUT2D eigenvalue weighted by Crippen LogP contribution is -2.16. The highest BCUT2D eigenvalue weighted by Gasteiger charge is 2.12. The van der Waals surface area contributed by atoms with Crippen LogP contribution in [0.15, 0.2) is 67.0 Å². The number of rotatable bonds is 4. The number of nitrogens with one attached hydrogen (secondary N) is 2. The smallest absolute Gasteiger partial charge is 0.257 e. The number of pyridine rings is 1. The van der Waals surface area contributed by atoms with Gasteiger partial charge in [-0.15, -0.1) is 0 Å². The van der Waals surface area contributed by atoms with E-state index in [0.717, 1.165) is 0 Å². The van der Waals surface area contributed by atoms with Crippen LogP contribution >= 0.6 is 0 Å². The predicted octanol–water partition coefficient (Wildman–Crippen LogP) is 3.33. The molecule has 0 spiro atoms. The number of nitriles is 2. The van der Waals surface area contributed by atoms with E-state index in [9.17, 15) is 9.59 Å². The molecule has 1 aromatic heterocycles. The average molecular weight is 367 g/mol. The Balaban J connectivity index is 1.73. The zero-order chi connectivity index (χ0) is 19.9. The van der Waals surface area contributed by atoms with Gasteiger partial charge in [-0.1, -0.05) is 6.07 Å². The lowest BCUT2D eigenvalue weighted by Gasteiger charge is -2.08. The van der Waals surface area contributed by atoms with Gasteiger partial charge in [-0.2, -0.15) is 10.5 Å². The van der Waals surface area contributed by atoms with E-state index in [2.05, 4.69) is 15.6 Å². The Labute approximate surface area is 160 Å². The summed E-state index contributed by atoms with van der Waals surface area (Å²) in [6.07, 6.45) is 2.70. The van der Waals surface area contributed by atoms with Gasteiger partial charge in [-0.25, -0.2) is 0 Å². The summed E-state index contributed by atoms with van der Waals surface area (Å²) in [6.45, 7) is 0. The minimum Gasteiger partial charge on any atom is -0.322 e. The van der Waals surface area contributed by atoms with E-state index in [0.29, 0.717) is 22.5 Å². The molecule has 134 valence electrons. The molecule has 28 heavy (non-hydrogen) atoms. The van der Waals surface area contributed by atoms with Crippen LogP contribution in [0, 0.1) is 22.7 Å². The van der Waals surface area contributed by atoms with Crippen molar-refractivity contribution in [1.82, 2.24) is 4.98 Å². The number of carbonyl (C=O) groups is 2. The molecule has 2 amide bonds. The second-order valence-corrected chi connectivity index (χ2v) is 5.75. The second kappa shape index (κ2) is 8.26. The highest BCUT2D eigenvalue weighted by atomic mass is 16.2. The van der Waals surface area contributed by atoms with Crippen molar-refractivity contribution in [1.29, 1.82) is 10.5 Å². The zero-order valence-corrected chi connectivity index (χ0v) is 14.5. The third-order valence-corrected chi connectivity index (χ3v) is 3.78. The third-order valence-electron chi connectivity index (χ3n) is 3.78. The van der Waals surface area contributed by atoms with Crippen LogP contribution in [0.25, 0.3) is 0 Å². The molecule has 0 fully saturated rings. The number of carbonyl (C=O) groups excluding carboxylic acids is 2. The summed E-state index contributed by atoms with van der Waals surface area (Å²) in [4.78, 5) is 28.8. The molecule has 0 unspecified atom stereocenters. The van der Waals surface area contributed by atoms with Crippen LogP contribution in [0.3, 0.4) is 0 Å². The molecule has 2 N–H and O–H groups in total. The highest BCUT2D eigenvalue weighted by molar-refractivity contribution is 6.08. The van der Waals surface area contributed by atoms with Crippen molar-refractivity contribution in [2.24, 2.45) is 0 Å². The fourth-order valence-corrected chi connectivity index (χ4v) is 2.39. The normalized spacial score (nSPS) is 9.64. The predicted molar refractivity (Wildman–Crippen MR) is 102 cm³/mol. The quantitative estimate of drug-likeness (QED) is 0.733. The molecule has 0 aliphatic heterocycles. The van der Waals surface area contributed by atoms with Crippen molar-refractivity contribution in [2.45, 2.75) is 0 Å². The van der Waals surface area contributed by atoms with Gasteiger partial charge in [0.15, 0.2) is 0 Å². The molecule has 0 saturated carbocycles. The van der Waals surface area contributed by atoms with E-state index in [1.807, 2.05) is 12.1 Å². The summed E-state index contributed by atoms with van der Waals surface area (Å²) in [7, 11) is 0. The highest BCUT2D eigenvalue weighted by Crippen LogP contribution is 2.14. The van der Waals surface area contributed by atoms with Gasteiger partial charge in [-0.05, 0) is 48.5 Å². The van der Waals surface area contributed by atoms with Crippen molar-refractivity contribution >= 4 is 23.2 Å². The third kappa shape index (κ3) is 4.37. The van der Waals surface area contributed by atoms with Crippen LogP contribution in [-0.4, -0.2) is 16.8 Å². The van der Waals surface area contributed by atoms with Crippen molar-refractivity contribution < 1.29 is 9.59 Å². The molecule has 0 saturated heterocycles. The minimum absolute atomic E-state index is 0.204. The van der Waals surface area contributed by atoms with Gasteiger partial charge in [0.1, 0.15) is 0 Å². The molecule has 0 bridgehead atoms. The molecule has 7 heteroatoms. The number of aromatic nitrogens is 1. The van der Waals surface area contributed by atoms with Gasteiger partial charge >= 0.3 is 0 Å². The zero-order valence-electron chi connectivity index (χ0n) is 14.5. The summed E-state index contributed by atoms with van der Waals surface area (Å²) < 4.78 is 0. The number of hydrogen-bond donors (Lipinski definition) is 2. The van der Waals surface area contributed by atoms with Crippen molar-refractivity contribution in [3.8, 4) is 12.1 Å². The summed E-state index contributed by atoms with van der Waals surface area (Å²) in [5.74, 6) is -0.881. The average Bonchev–Trinajstić information content (AvgIpc) is 2.74. The Morgan fingerprint density at radius 2 is 1.36 bits per heavy atom. The van der Waals surface area contributed by atoms with Crippen molar-refractivity contribution in [3.63, 3.8) is 0 Å². The molecule has 0 radical (unpaired) electrons. The second-order valence-electron chi connectivity index (χ2n) is 5.75. The van der Waals surface area contributed by atoms with E-state index in [1.165, 1.54) is 18.5 Å². The van der Waals surface area contributed by atoms with Gasteiger partial charge < -0.3 is 10.6 Å². The molecule has 3 aromatic rings. The monoisotopic (exact) mass is 367 g/mol. The Kier molecular flexibility index (Phi) is 5.40. The molecular weight excluding hydrogens is 354 g/mol. The van der Waals surface area contributed by atoms with Gasteiger partial charge in [-0.3, -0.25) is 14.6 Å². The first-order chi connectivity index (χ1) is 13.6. The summed E-state index contributed by atoms with van der Waals surface area (Å²) in [5, 5.41) is 23.1. The molecular formula is C21H13N5O2. The number of anilines is 2. The Morgan fingerprint density at radius 3 is 1.96 bits per heavy atom. The molecule has 2 aromatic carbocycles. The molecule has 0 aliphatic rings. The van der Waals surface area contributed by atoms with E-state index < -0.39 is 11.8 Å². The summed E-state index contributed by atoms with van der Waals surface area (Å²) >= 11 is 0. The van der Waals surface area contributed by atoms with Gasteiger partial charge in [0.2, 0.25) is 0 Å². The van der Waals surface area contributed by atoms with E-state index in [-0.39, 0.29) is 11.1 Å². The summed E-state index contributed by atoms with van der Waals surface area (Å²) in [5.41, 5.74) is 2.31. The number of nitrogens with zero attached hydrogens (tertiary/aromatic N) is 3. The lowest BCUT2D eigenvalue weighted by molar-refractivity contribution is 0.102. The lowest BCUT2D eigenvalue weighted by atomic mass is 10.1. The maximum absolute atomic E-state index is 12.4. The van der Waals surface area contributed by atoms with Crippen LogP contribution < -0.4 is 10.6 Å². The van der Waals surface area contributed by atoms with Gasteiger partial charge in [0.05, 0.1) is 34.4 Å². The summed E-state index contributed by atoms with van der Waals surface area (Å²) in [6, 6.07) is 18.3. The van der Waals surface area contributed by atoms with Crippen molar-refractivity contribution in [2.75, 3.05) is 10.6 Å². The Bertz CT molecular complexity index is 1120. The first kappa shape index (κ1) is 18.3. The Morgan fingerprint density at radius 1 is 0.750 bits per heavy atom. The molecule has 7 nitrogen and oxygen atoms in total. The van der Waals surface area contributed by atoms with Crippen LogP contribution in [0.4, 0.5) is 11.4 Å². The maximum atomic E-state index is 12.4. The minimum atomic E-state index is -0.449. The van der Waals surface area contributed by atoms with Crippen molar-refractivity contribution in [3.05, 3.63) is 89.2 Å². The molecule has 3 rings (SSSR count). The van der Waals surface area contributed by atoms with Crippen LogP contribution in [-0.2, 0) is 0 Å². The Hall–Kier alpha value is -4.49. The SMILES string of the molecule is N#Cc1ccc(NC(=O)c2cncc(C(=O)Nc3cccc(C#N)c3)c2)cc1. The number of amides is 2. The number of benzene rings is 2. The van der Waals surface area contributed by atoms with Crippen LogP contribution in [0.5, 0.6) is 0 Å². The molecule has 1 heterocycles. The van der Waals surface area contributed by atoms with Gasteiger partial charge in [0.25, 0.3) is 11.8 Å². The largest absolute Gasteiger partial charge is 0.322 e. The van der Waals surface area contributed by atoms with Crippen LogP contribution in [0.2, 0.25) is 0 Å². The molecule has 0 aliphatic carbocycles. The standard InChI is InChI=1S/C21H13N5O2/c22-10-14-4-6-18(7-5-14)25-20(27)16-9-17(13-24-12-16)21(28)26-19-3-1-2-15(8-19)11-23/h1-9,12-13H,(H,25,27)(H,26,28). The fourth-order valence-electron chi connectivity index (χ4n) is 2.39. The van der Waals surface area contributed by atoms with E-state index in [4.69, 9.17) is 10.5 Å². The molecule has 0 atom stereocenters. The maximum Gasteiger partial charge on any atom is 0.257 e. The first-order valence-corrected chi connectivity index (χ1v) is 8.17. The number of hydrogen-bond acceptors (Lipinski definition) is 5.